The number of anilines is 3. The lowest BCUT2D eigenvalue weighted by molar-refractivity contribution is 0.660. The van der Waals surface area contributed by atoms with Crippen LogP contribution in [0.2, 0.25) is 0 Å². The van der Waals surface area contributed by atoms with Crippen LogP contribution in [0.25, 0.3) is 55.3 Å². The maximum absolute atomic E-state index is 6.17. The molecule has 4 unspecified atom stereocenters. The SMILES string of the molecule is Cc1cc(N(c2cccc3c2-c2ccccc2C3(C)C)c2cccc3c2-c2ccccc2C3(C)C)ccc1-c1ccc2oc3ccccc3c2c1.PPP(P)P. The highest BCUT2D eigenvalue weighted by Gasteiger charge is 2.40. The second-order valence-corrected chi connectivity index (χ2v) is 29.9. The molecule has 10 rings (SSSR count). The molecule has 4 atom stereocenters. The number of aryl methyl sites for hydroxylation is 1. The Hall–Kier alpha value is -3.71. The van der Waals surface area contributed by atoms with Crippen LogP contribution in [0.1, 0.15) is 55.5 Å². The van der Waals surface area contributed by atoms with Crippen molar-refractivity contribution in [1.82, 2.24) is 0 Å². The summed E-state index contributed by atoms with van der Waals surface area (Å²) in [6.07, 6.45) is 0. The van der Waals surface area contributed by atoms with Crippen LogP contribution in [0.15, 0.2) is 150 Å². The first-order valence-corrected chi connectivity index (χ1v) is 27.3. The Labute approximate surface area is 340 Å². The van der Waals surface area contributed by atoms with Gasteiger partial charge in [0, 0.05) is 38.4 Å². The highest BCUT2D eigenvalue weighted by molar-refractivity contribution is 8.77. The van der Waals surface area contributed by atoms with Crippen molar-refractivity contribution in [2.24, 2.45) is 0 Å². The Morgan fingerprint density at radius 3 is 1.62 bits per heavy atom. The van der Waals surface area contributed by atoms with Crippen molar-refractivity contribution in [1.29, 1.82) is 0 Å². The zero-order valence-corrected chi connectivity index (χ0v) is 37.7. The zero-order valence-electron chi connectivity index (χ0n) is 32.4. The Morgan fingerprint density at radius 1 is 0.536 bits per heavy atom. The van der Waals surface area contributed by atoms with E-state index in [1.54, 1.807) is 0 Å². The molecule has 7 heteroatoms. The van der Waals surface area contributed by atoms with E-state index in [2.05, 4.69) is 200 Å². The fourth-order valence-corrected chi connectivity index (χ4v) is 9.26. The highest BCUT2D eigenvalue weighted by atomic mass is 32.8. The molecule has 278 valence electrons. The van der Waals surface area contributed by atoms with Gasteiger partial charge >= 0.3 is 0 Å². The van der Waals surface area contributed by atoms with Crippen molar-refractivity contribution < 1.29 is 4.42 Å². The molecule has 1 aromatic heterocycles. The van der Waals surface area contributed by atoms with Gasteiger partial charge in [0.15, 0.2) is 0 Å². The number of hydrogen-bond acceptors (Lipinski definition) is 2. The molecule has 2 aliphatic rings. The molecule has 0 aliphatic heterocycles. The third kappa shape index (κ3) is 6.12. The van der Waals surface area contributed by atoms with Gasteiger partial charge in [-0.3, -0.25) is 0 Å². The van der Waals surface area contributed by atoms with E-state index >= 15 is 0 Å². The first-order valence-electron chi connectivity index (χ1n) is 19.1. The van der Waals surface area contributed by atoms with Crippen molar-refractivity contribution >= 4 is 80.7 Å². The largest absolute Gasteiger partial charge is 0.456 e. The molecule has 2 aliphatic carbocycles. The summed E-state index contributed by atoms with van der Waals surface area (Å²) in [6.45, 7) is 11.9. The first-order chi connectivity index (χ1) is 27.0. The number of fused-ring (bicyclic) bond motifs is 9. The molecule has 0 radical (unpaired) electrons. The molecule has 0 spiro atoms. The van der Waals surface area contributed by atoms with Crippen molar-refractivity contribution in [2.75, 3.05) is 4.90 Å². The minimum atomic E-state index is -0.101. The summed E-state index contributed by atoms with van der Waals surface area (Å²) in [5, 5.41) is 2.30. The predicted molar refractivity (Wildman–Crippen MR) is 258 cm³/mol. The molecule has 56 heavy (non-hydrogen) atoms. The molecule has 0 amide bonds. The number of para-hydroxylation sites is 1. The quantitative estimate of drug-likeness (QED) is 0.161. The van der Waals surface area contributed by atoms with E-state index in [1.165, 1.54) is 72.6 Å². The van der Waals surface area contributed by atoms with E-state index in [4.69, 9.17) is 4.42 Å². The summed E-state index contributed by atoms with van der Waals surface area (Å²) in [7, 11) is 9.24. The van der Waals surface area contributed by atoms with Gasteiger partial charge in [-0.05, 0) is 106 Å². The van der Waals surface area contributed by atoms with Crippen LogP contribution in [0.3, 0.4) is 0 Å². The molecule has 1 heterocycles. The second kappa shape index (κ2) is 14.6. The Morgan fingerprint density at radius 2 is 1.05 bits per heavy atom. The molecule has 0 saturated carbocycles. The lowest BCUT2D eigenvalue weighted by Crippen LogP contribution is -2.17. The van der Waals surface area contributed by atoms with E-state index in [0.717, 1.165) is 35.6 Å². The minimum absolute atomic E-state index is 0.101. The summed E-state index contributed by atoms with van der Waals surface area (Å²) in [4.78, 5) is 2.54. The zero-order chi connectivity index (χ0) is 38.9. The molecular weight excluding hydrogens is 773 g/mol. The molecule has 7 aromatic carbocycles. The average Bonchev–Trinajstić information content (AvgIpc) is 3.78. The van der Waals surface area contributed by atoms with Crippen molar-refractivity contribution in [3.63, 3.8) is 0 Å². The maximum atomic E-state index is 6.17. The molecule has 0 saturated heterocycles. The summed E-state index contributed by atoms with van der Waals surface area (Å²) in [5.41, 5.74) is 19.6. The highest BCUT2D eigenvalue weighted by Crippen LogP contribution is 2.71. The van der Waals surface area contributed by atoms with E-state index < -0.39 is 0 Å². The van der Waals surface area contributed by atoms with Crippen molar-refractivity contribution in [3.05, 3.63) is 173 Å². The van der Waals surface area contributed by atoms with Crippen LogP contribution in [0.5, 0.6) is 0 Å². The van der Waals surface area contributed by atoms with Crippen LogP contribution < -0.4 is 4.90 Å². The number of furan rings is 1. The van der Waals surface area contributed by atoms with Gasteiger partial charge in [0.1, 0.15) is 11.2 Å². The summed E-state index contributed by atoms with van der Waals surface area (Å²) in [5.74, 6) is 0. The number of nitrogens with zero attached hydrogens (tertiary/aromatic N) is 1. The van der Waals surface area contributed by atoms with Crippen molar-refractivity contribution in [2.45, 2.75) is 45.4 Å². The molecule has 0 N–H and O–H groups in total. The van der Waals surface area contributed by atoms with Gasteiger partial charge in [-0.2, -0.15) is 0 Å². The smallest absolute Gasteiger partial charge is 0.135 e. The van der Waals surface area contributed by atoms with Gasteiger partial charge in [0.05, 0.1) is 11.4 Å². The fraction of sp³-hybridized carbons (Fsp3) is 0.143. The van der Waals surface area contributed by atoms with E-state index in [1.807, 2.05) is 12.1 Å². The van der Waals surface area contributed by atoms with E-state index in [-0.39, 0.29) is 17.8 Å². The van der Waals surface area contributed by atoms with Crippen LogP contribution in [0.4, 0.5) is 17.1 Å². The third-order valence-electron chi connectivity index (χ3n) is 12.0. The van der Waals surface area contributed by atoms with Gasteiger partial charge in [-0.25, -0.2) is 0 Å². The first kappa shape index (κ1) is 37.8. The van der Waals surface area contributed by atoms with Crippen LogP contribution in [0, 0.1) is 6.92 Å². The molecular formula is C49H46NOP5. The van der Waals surface area contributed by atoms with Gasteiger partial charge < -0.3 is 9.32 Å². The topological polar surface area (TPSA) is 16.4 Å². The summed E-state index contributed by atoms with van der Waals surface area (Å²) >= 11 is 0. The number of hydrogen-bond donors (Lipinski definition) is 0. The standard InChI is InChI=1S/C49H39NO.H7P5/c1-30-28-32(25-26-33(30)31-24-27-45-37(29-31)34-14-8-11-23-44(34)51-45)50(42-21-12-19-40-46(42)35-15-6-9-17-38(35)48(40,2)3)43-22-13-20-41-47(43)36-16-7-10-18-39(36)49(41,4)5;1-4-5(2)3/h6-29H,1-5H3;4H,1-3H2. The molecule has 8 aromatic rings. The van der Waals surface area contributed by atoms with Crippen LogP contribution >= 0.6 is 41.7 Å². The Kier molecular flexibility index (Phi) is 9.86. The van der Waals surface area contributed by atoms with Gasteiger partial charge in [-0.15, -0.1) is 26.8 Å². The van der Waals surface area contributed by atoms with Gasteiger partial charge in [-0.1, -0.05) is 139 Å². The molecule has 0 fully saturated rings. The minimum Gasteiger partial charge on any atom is -0.456 e. The Balaban J connectivity index is 0.000000773. The average molecular weight is 820 g/mol. The number of benzene rings is 7. The lowest BCUT2D eigenvalue weighted by Gasteiger charge is -2.31. The van der Waals surface area contributed by atoms with E-state index in [9.17, 15) is 0 Å². The van der Waals surface area contributed by atoms with Crippen molar-refractivity contribution in [3.8, 4) is 33.4 Å². The maximum Gasteiger partial charge on any atom is 0.135 e. The monoisotopic (exact) mass is 819 g/mol. The number of rotatable bonds is 5. The molecule has 0 bridgehead atoms. The van der Waals surface area contributed by atoms with Gasteiger partial charge in [0.25, 0.3) is 0 Å². The fourth-order valence-electron chi connectivity index (χ4n) is 9.26. The van der Waals surface area contributed by atoms with Crippen LogP contribution in [-0.2, 0) is 10.8 Å². The molecule has 2 nitrogen and oxygen atoms in total. The summed E-state index contributed by atoms with van der Waals surface area (Å²) in [6, 6.07) is 53.7. The summed E-state index contributed by atoms with van der Waals surface area (Å²) < 4.78 is 6.17. The lowest BCUT2D eigenvalue weighted by atomic mass is 9.82. The normalized spacial score (nSPS) is 14.4. The Bertz CT molecular complexity index is 2710. The predicted octanol–water partition coefficient (Wildman–Crippen LogP) is 16.1. The van der Waals surface area contributed by atoms with Crippen LogP contribution in [-0.4, -0.2) is 0 Å². The third-order valence-corrected chi connectivity index (χ3v) is 23.9. The van der Waals surface area contributed by atoms with E-state index in [0.29, 0.717) is 0 Å². The second-order valence-electron chi connectivity index (χ2n) is 15.9. The van der Waals surface area contributed by atoms with Gasteiger partial charge in [0.2, 0.25) is 0 Å².